The molecule has 154 valence electrons. The predicted molar refractivity (Wildman–Crippen MR) is 110 cm³/mol. The van der Waals surface area contributed by atoms with Crippen molar-refractivity contribution >= 4 is 17.5 Å². The summed E-state index contributed by atoms with van der Waals surface area (Å²) in [4.78, 5) is 27.8. The van der Waals surface area contributed by atoms with Crippen molar-refractivity contribution in [1.82, 2.24) is 15.0 Å². The third-order valence-corrected chi connectivity index (χ3v) is 6.20. The number of anilines is 2. The first-order valence-corrected chi connectivity index (χ1v) is 10.4. The third kappa shape index (κ3) is 4.09. The molecule has 6 nitrogen and oxygen atoms in total. The van der Waals surface area contributed by atoms with Gasteiger partial charge in [0, 0.05) is 30.8 Å². The van der Waals surface area contributed by atoms with Gasteiger partial charge in [0.05, 0.1) is 23.3 Å². The molecule has 1 amide bonds. The van der Waals surface area contributed by atoms with Gasteiger partial charge in [0.2, 0.25) is 11.9 Å². The fourth-order valence-electron chi connectivity index (χ4n) is 4.55. The van der Waals surface area contributed by atoms with Crippen molar-refractivity contribution < 1.29 is 9.18 Å². The molecule has 2 aliphatic rings. The molecule has 7 heteroatoms. The number of nitrogens with one attached hydrogen (secondary N) is 1. The highest BCUT2D eigenvalue weighted by molar-refractivity contribution is 5.92. The molecule has 3 heterocycles. The Balaban J connectivity index is 1.51. The fourth-order valence-corrected chi connectivity index (χ4v) is 4.55. The maximum atomic E-state index is 14.3. The summed E-state index contributed by atoms with van der Waals surface area (Å²) in [6, 6.07) is 0. The van der Waals surface area contributed by atoms with E-state index in [0.29, 0.717) is 49.0 Å². The second-order valence-corrected chi connectivity index (χ2v) is 8.29. The van der Waals surface area contributed by atoms with Crippen molar-refractivity contribution in [2.24, 2.45) is 5.92 Å². The van der Waals surface area contributed by atoms with E-state index in [-0.39, 0.29) is 11.7 Å². The van der Waals surface area contributed by atoms with E-state index in [2.05, 4.69) is 20.3 Å². The van der Waals surface area contributed by atoms with Gasteiger partial charge in [-0.15, -0.1) is 0 Å². The van der Waals surface area contributed by atoms with Crippen molar-refractivity contribution in [3.8, 4) is 0 Å². The summed E-state index contributed by atoms with van der Waals surface area (Å²) < 4.78 is 14.3. The number of carbonyl (C=O) groups is 1. The Kier molecular flexibility index (Phi) is 5.48. The van der Waals surface area contributed by atoms with Crippen molar-refractivity contribution in [2.45, 2.75) is 65.8 Å². The van der Waals surface area contributed by atoms with Crippen LogP contribution in [-0.4, -0.2) is 27.4 Å². The molecule has 4 rings (SSSR count). The van der Waals surface area contributed by atoms with Crippen molar-refractivity contribution in [2.75, 3.05) is 16.8 Å². The lowest BCUT2D eigenvalue weighted by molar-refractivity contribution is -0.117. The Morgan fingerprint density at radius 3 is 2.52 bits per heavy atom. The second-order valence-electron chi connectivity index (χ2n) is 8.29. The van der Waals surface area contributed by atoms with Gasteiger partial charge in [0.1, 0.15) is 5.82 Å². The average Bonchev–Trinajstić information content (AvgIpc) is 3.20. The number of aromatic nitrogens is 3. The number of amides is 1. The van der Waals surface area contributed by atoms with E-state index in [1.807, 2.05) is 25.7 Å². The lowest BCUT2D eigenvalue weighted by atomic mass is 9.99. The van der Waals surface area contributed by atoms with Gasteiger partial charge in [-0.2, -0.15) is 0 Å². The Labute approximate surface area is 171 Å². The number of hydrogen-bond donors (Lipinski definition) is 1. The summed E-state index contributed by atoms with van der Waals surface area (Å²) >= 11 is 0. The maximum Gasteiger partial charge on any atom is 0.226 e. The predicted octanol–water partition coefficient (Wildman–Crippen LogP) is 4.02. The summed E-state index contributed by atoms with van der Waals surface area (Å²) in [6.07, 6.45) is 7.30. The highest BCUT2D eigenvalue weighted by atomic mass is 19.1. The smallest absolute Gasteiger partial charge is 0.226 e. The van der Waals surface area contributed by atoms with E-state index >= 15 is 0 Å². The monoisotopic (exact) mass is 397 g/mol. The SMILES string of the molecule is Cc1ncc(F)c2c1CCN(c1nc(C)c(NC(=O)CC3CCCC3)c(C)n1)C2. The van der Waals surface area contributed by atoms with Gasteiger partial charge in [0.15, 0.2) is 0 Å². The standard InChI is InChI=1S/C22H28FN5O/c1-13-17-8-9-28(12-18(17)19(23)11-24-13)22-25-14(2)21(15(3)26-22)27-20(29)10-16-6-4-5-7-16/h11,16H,4-10,12H2,1-3H3,(H,27,29). The fraction of sp³-hybridized carbons (Fsp3) is 0.545. The molecular weight excluding hydrogens is 369 g/mol. The van der Waals surface area contributed by atoms with E-state index in [1.165, 1.54) is 19.0 Å². The number of pyridine rings is 1. The van der Waals surface area contributed by atoms with Crippen LogP contribution in [0.5, 0.6) is 0 Å². The Hall–Kier alpha value is -2.57. The van der Waals surface area contributed by atoms with E-state index in [9.17, 15) is 9.18 Å². The Morgan fingerprint density at radius 2 is 1.83 bits per heavy atom. The third-order valence-electron chi connectivity index (χ3n) is 6.20. The van der Waals surface area contributed by atoms with Gasteiger partial charge in [-0.25, -0.2) is 14.4 Å². The largest absolute Gasteiger partial charge is 0.336 e. The number of rotatable bonds is 4. The zero-order chi connectivity index (χ0) is 20.5. The first kappa shape index (κ1) is 19.7. The number of aryl methyl sites for hydroxylation is 3. The summed E-state index contributed by atoms with van der Waals surface area (Å²) in [5.41, 5.74) is 4.73. The summed E-state index contributed by atoms with van der Waals surface area (Å²) in [7, 11) is 0. The molecule has 0 atom stereocenters. The number of fused-ring (bicyclic) bond motifs is 1. The first-order valence-electron chi connectivity index (χ1n) is 10.4. The quantitative estimate of drug-likeness (QED) is 0.844. The molecule has 0 radical (unpaired) electrons. The van der Waals surface area contributed by atoms with Crippen LogP contribution in [0, 0.1) is 32.5 Å². The Bertz CT molecular complexity index is 916. The van der Waals surface area contributed by atoms with Gasteiger partial charge < -0.3 is 10.2 Å². The number of nitrogens with zero attached hydrogens (tertiary/aromatic N) is 4. The zero-order valence-electron chi connectivity index (χ0n) is 17.4. The molecule has 1 saturated carbocycles. The molecule has 1 fully saturated rings. The van der Waals surface area contributed by atoms with Crippen LogP contribution in [0.4, 0.5) is 16.0 Å². The molecule has 0 saturated heterocycles. The van der Waals surface area contributed by atoms with Crippen molar-refractivity contribution in [1.29, 1.82) is 0 Å². The van der Waals surface area contributed by atoms with Crippen LogP contribution in [0.3, 0.4) is 0 Å². The zero-order valence-corrected chi connectivity index (χ0v) is 17.4. The highest BCUT2D eigenvalue weighted by Gasteiger charge is 2.25. The van der Waals surface area contributed by atoms with Crippen LogP contribution in [0.1, 0.15) is 60.3 Å². The number of hydrogen-bond acceptors (Lipinski definition) is 5. The van der Waals surface area contributed by atoms with E-state index in [1.54, 1.807) is 0 Å². The minimum Gasteiger partial charge on any atom is -0.336 e. The van der Waals surface area contributed by atoms with E-state index < -0.39 is 0 Å². The lowest BCUT2D eigenvalue weighted by Crippen LogP contribution is -2.33. The molecule has 0 unspecified atom stereocenters. The van der Waals surface area contributed by atoms with Crippen LogP contribution in [0.25, 0.3) is 0 Å². The molecular formula is C22H28FN5O. The minimum atomic E-state index is -0.278. The maximum absolute atomic E-state index is 14.3. The first-order chi connectivity index (χ1) is 13.9. The summed E-state index contributed by atoms with van der Waals surface area (Å²) in [5.74, 6) is 0.835. The van der Waals surface area contributed by atoms with Gasteiger partial charge >= 0.3 is 0 Å². The van der Waals surface area contributed by atoms with Crippen molar-refractivity contribution in [3.63, 3.8) is 0 Å². The molecule has 1 aliphatic carbocycles. The van der Waals surface area contributed by atoms with Gasteiger partial charge in [0.25, 0.3) is 0 Å². The molecule has 2 aromatic rings. The van der Waals surface area contributed by atoms with Crippen LogP contribution in [-0.2, 0) is 17.8 Å². The van der Waals surface area contributed by atoms with Crippen molar-refractivity contribution in [3.05, 3.63) is 40.2 Å². The molecule has 0 aromatic carbocycles. The molecule has 2 aromatic heterocycles. The summed E-state index contributed by atoms with van der Waals surface area (Å²) in [5, 5.41) is 3.02. The molecule has 1 aliphatic heterocycles. The normalized spacial score (nSPS) is 16.8. The topological polar surface area (TPSA) is 71.0 Å². The molecule has 1 N–H and O–H groups in total. The minimum absolute atomic E-state index is 0.0383. The van der Waals surface area contributed by atoms with E-state index in [0.717, 1.165) is 35.5 Å². The van der Waals surface area contributed by atoms with Gasteiger partial charge in [-0.1, -0.05) is 12.8 Å². The van der Waals surface area contributed by atoms with E-state index in [4.69, 9.17) is 0 Å². The van der Waals surface area contributed by atoms with Crippen LogP contribution < -0.4 is 10.2 Å². The van der Waals surface area contributed by atoms with Crippen LogP contribution in [0.15, 0.2) is 6.20 Å². The molecule has 29 heavy (non-hydrogen) atoms. The Morgan fingerprint density at radius 1 is 1.14 bits per heavy atom. The highest BCUT2D eigenvalue weighted by Crippen LogP contribution is 2.30. The molecule has 0 spiro atoms. The van der Waals surface area contributed by atoms with Crippen LogP contribution in [0.2, 0.25) is 0 Å². The van der Waals surface area contributed by atoms with Gasteiger partial charge in [-0.05, 0) is 51.5 Å². The molecule has 0 bridgehead atoms. The lowest BCUT2D eigenvalue weighted by Gasteiger charge is -2.30. The second kappa shape index (κ2) is 8.05. The van der Waals surface area contributed by atoms with Gasteiger partial charge in [-0.3, -0.25) is 9.78 Å². The summed E-state index contributed by atoms with van der Waals surface area (Å²) in [6.45, 7) is 6.83. The van der Waals surface area contributed by atoms with Crippen LogP contribution >= 0.6 is 0 Å². The number of halogens is 1. The number of carbonyl (C=O) groups excluding carboxylic acids is 1. The average molecular weight is 397 g/mol.